The molecular weight excluding hydrogens is 330 g/mol. The highest BCUT2D eigenvalue weighted by molar-refractivity contribution is 9.11. The highest BCUT2D eigenvalue weighted by Gasteiger charge is 2.25. The Morgan fingerprint density at radius 3 is 2.71 bits per heavy atom. The molecule has 0 fully saturated rings. The number of rotatable bonds is 6. The van der Waals surface area contributed by atoms with Crippen LogP contribution < -0.4 is 4.72 Å². The minimum absolute atomic E-state index is 0.0289. The molecule has 1 rings (SSSR count). The Morgan fingerprint density at radius 1 is 1.65 bits per heavy atom. The van der Waals surface area contributed by atoms with Gasteiger partial charge in [0.2, 0.25) is 0 Å². The highest BCUT2D eigenvalue weighted by Crippen LogP contribution is 2.26. The van der Waals surface area contributed by atoms with Crippen LogP contribution in [0.25, 0.3) is 0 Å². The van der Waals surface area contributed by atoms with E-state index in [0.29, 0.717) is 3.79 Å². The molecule has 0 radical (unpaired) electrons. The minimum atomic E-state index is -3.80. The average molecular weight is 340 g/mol. The smallest absolute Gasteiger partial charge is 0.322 e. The van der Waals surface area contributed by atoms with Crippen molar-refractivity contribution in [2.45, 2.75) is 16.7 Å². The zero-order chi connectivity index (χ0) is 13.1. The SMILES string of the molecule is C=CCC(NS(=O)(=O)c1ccc(Br)s1)C(=O)O. The van der Waals surface area contributed by atoms with E-state index in [1.54, 1.807) is 6.07 Å². The Balaban J connectivity index is 2.92. The topological polar surface area (TPSA) is 83.5 Å². The fraction of sp³-hybridized carbons (Fsp3) is 0.222. The Kier molecular flexibility index (Phi) is 4.87. The summed E-state index contributed by atoms with van der Waals surface area (Å²) in [6.45, 7) is 3.39. The molecule has 94 valence electrons. The summed E-state index contributed by atoms with van der Waals surface area (Å²) in [5, 5.41) is 8.84. The Bertz CT molecular complexity index is 523. The van der Waals surface area contributed by atoms with Crippen LogP contribution in [-0.2, 0) is 14.8 Å². The van der Waals surface area contributed by atoms with Gasteiger partial charge in [-0.1, -0.05) is 6.08 Å². The van der Waals surface area contributed by atoms with Crippen molar-refractivity contribution in [3.05, 3.63) is 28.6 Å². The first-order chi connectivity index (χ1) is 7.86. The maximum Gasteiger partial charge on any atom is 0.322 e. The van der Waals surface area contributed by atoms with Crippen LogP contribution in [0.2, 0.25) is 0 Å². The molecule has 1 unspecified atom stereocenters. The summed E-state index contributed by atoms with van der Waals surface area (Å²) in [7, 11) is -3.80. The molecule has 0 bridgehead atoms. The van der Waals surface area contributed by atoms with E-state index in [1.807, 2.05) is 0 Å². The van der Waals surface area contributed by atoms with Crippen molar-refractivity contribution in [1.29, 1.82) is 0 Å². The fourth-order valence-electron chi connectivity index (χ4n) is 1.05. The van der Waals surface area contributed by atoms with Crippen molar-refractivity contribution < 1.29 is 18.3 Å². The van der Waals surface area contributed by atoms with Crippen molar-refractivity contribution in [2.75, 3.05) is 0 Å². The predicted octanol–water partition coefficient (Wildman–Crippen LogP) is 1.82. The molecule has 0 amide bonds. The maximum absolute atomic E-state index is 11.8. The standard InChI is InChI=1S/C9H10BrNO4S2/c1-2-3-6(9(12)13)11-17(14,15)8-5-4-7(10)16-8/h2,4-6,11H,1,3H2,(H,12,13). The number of sulfonamides is 1. The number of thiophene rings is 1. The lowest BCUT2D eigenvalue weighted by Crippen LogP contribution is -2.40. The van der Waals surface area contributed by atoms with Crippen LogP contribution >= 0.6 is 27.3 Å². The van der Waals surface area contributed by atoms with Crippen molar-refractivity contribution in [3.63, 3.8) is 0 Å². The summed E-state index contributed by atoms with van der Waals surface area (Å²) in [6, 6.07) is 1.80. The summed E-state index contributed by atoms with van der Waals surface area (Å²) in [5.41, 5.74) is 0. The molecule has 1 aromatic heterocycles. The van der Waals surface area contributed by atoms with Gasteiger partial charge in [0, 0.05) is 0 Å². The van der Waals surface area contributed by atoms with Crippen molar-refractivity contribution >= 4 is 43.3 Å². The summed E-state index contributed by atoms with van der Waals surface area (Å²) in [5.74, 6) is -1.23. The van der Waals surface area contributed by atoms with Gasteiger partial charge in [0.1, 0.15) is 10.3 Å². The predicted molar refractivity (Wildman–Crippen MR) is 68.6 cm³/mol. The molecule has 0 saturated carbocycles. The van der Waals surface area contributed by atoms with Gasteiger partial charge in [-0.05, 0) is 34.5 Å². The third-order valence-corrected chi connectivity index (χ3v) is 5.40. The number of carboxylic acids is 1. The van der Waals surface area contributed by atoms with Gasteiger partial charge in [0.15, 0.2) is 0 Å². The van der Waals surface area contributed by atoms with E-state index in [-0.39, 0.29) is 10.6 Å². The second-order valence-corrected chi connectivity index (χ2v) is 7.50. The molecule has 1 heterocycles. The van der Waals surface area contributed by atoms with Crippen LogP contribution in [0, 0.1) is 0 Å². The Morgan fingerprint density at radius 2 is 2.29 bits per heavy atom. The molecule has 0 aromatic carbocycles. The normalized spacial score (nSPS) is 13.2. The van der Waals surface area contributed by atoms with E-state index in [4.69, 9.17) is 5.11 Å². The molecule has 0 spiro atoms. The monoisotopic (exact) mass is 339 g/mol. The third-order valence-electron chi connectivity index (χ3n) is 1.81. The van der Waals surface area contributed by atoms with Crippen molar-refractivity contribution in [3.8, 4) is 0 Å². The number of carboxylic acid groups (broad SMARTS) is 1. The largest absolute Gasteiger partial charge is 0.480 e. The zero-order valence-corrected chi connectivity index (χ0v) is 11.8. The number of nitrogens with one attached hydrogen (secondary N) is 1. The second-order valence-electron chi connectivity index (χ2n) is 3.10. The van der Waals surface area contributed by atoms with Gasteiger partial charge in [0.05, 0.1) is 3.79 Å². The Hall–Kier alpha value is -0.700. The molecule has 1 atom stereocenters. The molecule has 2 N–H and O–H groups in total. The lowest BCUT2D eigenvalue weighted by atomic mass is 10.2. The van der Waals surface area contributed by atoms with Crippen LogP contribution in [-0.4, -0.2) is 25.5 Å². The van der Waals surface area contributed by atoms with Gasteiger partial charge >= 0.3 is 5.97 Å². The van der Waals surface area contributed by atoms with E-state index in [0.717, 1.165) is 11.3 Å². The van der Waals surface area contributed by atoms with Crippen LogP contribution in [0.1, 0.15) is 6.42 Å². The third kappa shape index (κ3) is 3.91. The van der Waals surface area contributed by atoms with Gasteiger partial charge in [-0.2, -0.15) is 4.72 Å². The molecule has 0 saturated heterocycles. The molecule has 1 aromatic rings. The van der Waals surface area contributed by atoms with E-state index in [2.05, 4.69) is 27.2 Å². The van der Waals surface area contributed by atoms with E-state index in [9.17, 15) is 13.2 Å². The summed E-state index contributed by atoms with van der Waals surface area (Å²) < 4.78 is 26.5. The van der Waals surface area contributed by atoms with E-state index >= 15 is 0 Å². The molecule has 17 heavy (non-hydrogen) atoms. The molecule has 8 heteroatoms. The minimum Gasteiger partial charge on any atom is -0.480 e. The van der Waals surface area contributed by atoms with E-state index in [1.165, 1.54) is 12.1 Å². The van der Waals surface area contributed by atoms with Crippen molar-refractivity contribution in [2.24, 2.45) is 0 Å². The summed E-state index contributed by atoms with van der Waals surface area (Å²) in [6.07, 6.45) is 1.38. The summed E-state index contributed by atoms with van der Waals surface area (Å²) >= 11 is 4.16. The van der Waals surface area contributed by atoms with Crippen LogP contribution in [0.4, 0.5) is 0 Å². The maximum atomic E-state index is 11.8. The number of carbonyl (C=O) groups is 1. The van der Waals surface area contributed by atoms with Crippen LogP contribution in [0.5, 0.6) is 0 Å². The van der Waals surface area contributed by atoms with Crippen LogP contribution in [0.3, 0.4) is 0 Å². The average Bonchev–Trinajstić information content (AvgIpc) is 2.64. The van der Waals surface area contributed by atoms with Crippen molar-refractivity contribution in [1.82, 2.24) is 4.72 Å². The zero-order valence-electron chi connectivity index (χ0n) is 8.59. The summed E-state index contributed by atoms with van der Waals surface area (Å²) in [4.78, 5) is 10.8. The fourth-order valence-corrected chi connectivity index (χ4v) is 4.28. The molecule has 5 nitrogen and oxygen atoms in total. The first kappa shape index (κ1) is 14.4. The van der Waals surface area contributed by atoms with Gasteiger partial charge in [-0.3, -0.25) is 4.79 Å². The second kappa shape index (κ2) is 5.76. The van der Waals surface area contributed by atoms with Gasteiger partial charge in [-0.25, -0.2) is 8.42 Å². The lowest BCUT2D eigenvalue weighted by Gasteiger charge is -2.11. The van der Waals surface area contributed by atoms with E-state index < -0.39 is 22.0 Å². The highest BCUT2D eigenvalue weighted by atomic mass is 79.9. The van der Waals surface area contributed by atoms with Gasteiger partial charge in [0.25, 0.3) is 10.0 Å². The first-order valence-electron chi connectivity index (χ1n) is 4.48. The Labute approximate surface area is 111 Å². The van der Waals surface area contributed by atoms with Gasteiger partial charge in [-0.15, -0.1) is 17.9 Å². The quantitative estimate of drug-likeness (QED) is 0.774. The van der Waals surface area contributed by atoms with Crippen LogP contribution in [0.15, 0.2) is 32.8 Å². The lowest BCUT2D eigenvalue weighted by molar-refractivity contribution is -0.138. The molecule has 0 aliphatic heterocycles. The molecular formula is C9H10BrNO4S2. The molecule has 0 aliphatic carbocycles. The number of aliphatic carboxylic acids is 1. The number of hydrogen-bond donors (Lipinski definition) is 2. The van der Waals surface area contributed by atoms with Gasteiger partial charge < -0.3 is 5.11 Å². The molecule has 0 aliphatic rings. The number of hydrogen-bond acceptors (Lipinski definition) is 4. The number of halogens is 1. The first-order valence-corrected chi connectivity index (χ1v) is 7.57.